The molecule has 0 bridgehead atoms. The fraction of sp³-hybridized carbons (Fsp3) is 0.800. The first-order chi connectivity index (χ1) is 7.10. The van der Waals surface area contributed by atoms with Gasteiger partial charge < -0.3 is 15.0 Å². The highest BCUT2D eigenvalue weighted by Crippen LogP contribution is 2.34. The van der Waals surface area contributed by atoms with Crippen LogP contribution in [0.25, 0.3) is 0 Å². The van der Waals surface area contributed by atoms with E-state index in [1.165, 1.54) is 0 Å². The average molecular weight is 211 g/mol. The fourth-order valence-corrected chi connectivity index (χ4v) is 1.79. The highest BCUT2D eigenvalue weighted by atomic mass is 16.5. The Bertz CT molecular complexity index is 329. The van der Waals surface area contributed by atoms with Crippen molar-refractivity contribution < 1.29 is 9.26 Å². The van der Waals surface area contributed by atoms with E-state index in [-0.39, 0.29) is 11.6 Å². The van der Waals surface area contributed by atoms with E-state index in [9.17, 15) is 0 Å². The number of hydrogen-bond acceptors (Lipinski definition) is 5. The largest absolute Gasteiger partial charge is 0.365 e. The third-order valence-electron chi connectivity index (χ3n) is 2.64. The summed E-state index contributed by atoms with van der Waals surface area (Å²) in [4.78, 5) is 4.32. The lowest BCUT2D eigenvalue weighted by molar-refractivity contribution is -0.00937. The quantitative estimate of drug-likeness (QED) is 0.806. The molecule has 0 amide bonds. The minimum absolute atomic E-state index is 0.0488. The van der Waals surface area contributed by atoms with E-state index in [1.54, 1.807) is 0 Å². The Morgan fingerprint density at radius 3 is 3.00 bits per heavy atom. The number of ether oxygens (including phenoxy) is 1. The van der Waals surface area contributed by atoms with E-state index in [2.05, 4.69) is 10.1 Å². The van der Waals surface area contributed by atoms with Crippen LogP contribution in [0.3, 0.4) is 0 Å². The molecular weight excluding hydrogens is 194 g/mol. The third-order valence-corrected chi connectivity index (χ3v) is 2.64. The molecule has 2 unspecified atom stereocenters. The molecule has 1 aromatic rings. The van der Waals surface area contributed by atoms with E-state index >= 15 is 0 Å². The third kappa shape index (κ3) is 2.18. The van der Waals surface area contributed by atoms with Crippen LogP contribution >= 0.6 is 0 Å². The maximum atomic E-state index is 5.67. The van der Waals surface area contributed by atoms with Gasteiger partial charge >= 0.3 is 0 Å². The molecule has 0 spiro atoms. The molecule has 2 heterocycles. The van der Waals surface area contributed by atoms with Gasteiger partial charge in [0.2, 0.25) is 0 Å². The highest BCUT2D eigenvalue weighted by molar-refractivity contribution is 5.00. The Balaban J connectivity index is 2.12. The second-order valence-corrected chi connectivity index (χ2v) is 4.38. The maximum absolute atomic E-state index is 5.67. The Hall–Kier alpha value is -0.940. The lowest BCUT2D eigenvalue weighted by Gasteiger charge is -2.16. The van der Waals surface area contributed by atoms with Crippen LogP contribution in [-0.2, 0) is 16.8 Å². The molecule has 0 radical (unpaired) electrons. The van der Waals surface area contributed by atoms with Gasteiger partial charge in [-0.2, -0.15) is 4.98 Å². The van der Waals surface area contributed by atoms with Crippen molar-refractivity contribution in [2.24, 2.45) is 5.73 Å². The summed E-state index contributed by atoms with van der Waals surface area (Å²) in [7, 11) is 0. The summed E-state index contributed by atoms with van der Waals surface area (Å²) in [5, 5.41) is 3.90. The minimum atomic E-state index is -0.386. The predicted molar refractivity (Wildman–Crippen MR) is 54.2 cm³/mol. The molecule has 0 aromatic carbocycles. The van der Waals surface area contributed by atoms with Crippen molar-refractivity contribution in [2.75, 3.05) is 6.61 Å². The number of rotatable bonds is 3. The number of nitrogens with two attached hydrogens (primary N) is 1. The van der Waals surface area contributed by atoms with Crippen LogP contribution in [-0.4, -0.2) is 22.8 Å². The van der Waals surface area contributed by atoms with E-state index in [0.29, 0.717) is 18.1 Å². The van der Waals surface area contributed by atoms with Crippen molar-refractivity contribution >= 4 is 0 Å². The molecule has 2 rings (SSSR count). The highest BCUT2D eigenvalue weighted by Gasteiger charge is 2.37. The van der Waals surface area contributed by atoms with Gasteiger partial charge in [-0.25, -0.2) is 0 Å². The van der Waals surface area contributed by atoms with Crippen LogP contribution in [0.5, 0.6) is 0 Å². The Morgan fingerprint density at radius 2 is 2.40 bits per heavy atom. The molecule has 5 heteroatoms. The van der Waals surface area contributed by atoms with Gasteiger partial charge in [-0.05, 0) is 26.7 Å². The molecule has 0 saturated carbocycles. The monoisotopic (exact) mass is 211 g/mol. The van der Waals surface area contributed by atoms with Gasteiger partial charge in [0.1, 0.15) is 5.60 Å². The van der Waals surface area contributed by atoms with Crippen molar-refractivity contribution in [2.45, 2.75) is 44.8 Å². The van der Waals surface area contributed by atoms with E-state index < -0.39 is 0 Å². The summed E-state index contributed by atoms with van der Waals surface area (Å²) in [6.45, 7) is 4.68. The number of hydrogen-bond donors (Lipinski definition) is 1. The smallest absolute Gasteiger partial charge is 0.258 e. The molecule has 5 nitrogen and oxygen atoms in total. The molecule has 1 aliphatic rings. The van der Waals surface area contributed by atoms with Gasteiger partial charge in [-0.15, -0.1) is 0 Å². The Labute approximate surface area is 89.0 Å². The topological polar surface area (TPSA) is 74.2 Å². The van der Waals surface area contributed by atoms with E-state index in [1.807, 2.05) is 13.8 Å². The standard InChI is InChI=1S/C10H17N3O2/c1-7(11)6-8-12-9(15-13-8)10(2)4-3-5-14-10/h7H,3-6,11H2,1-2H3. The van der Waals surface area contributed by atoms with Gasteiger partial charge in [0, 0.05) is 19.1 Å². The summed E-state index contributed by atoms with van der Waals surface area (Å²) in [5.74, 6) is 1.24. The first-order valence-electron chi connectivity index (χ1n) is 5.33. The molecule has 1 saturated heterocycles. The molecule has 2 N–H and O–H groups in total. The molecule has 2 atom stereocenters. The van der Waals surface area contributed by atoms with Gasteiger partial charge in [0.05, 0.1) is 0 Å². The second kappa shape index (κ2) is 3.90. The second-order valence-electron chi connectivity index (χ2n) is 4.38. The summed E-state index contributed by atoms with van der Waals surface area (Å²) < 4.78 is 10.8. The van der Waals surface area contributed by atoms with Crippen LogP contribution in [0.1, 0.15) is 38.4 Å². The molecule has 15 heavy (non-hydrogen) atoms. The zero-order chi connectivity index (χ0) is 10.9. The zero-order valence-electron chi connectivity index (χ0n) is 9.19. The lowest BCUT2D eigenvalue weighted by atomic mass is 10.0. The van der Waals surface area contributed by atoms with Crippen LogP contribution in [0.15, 0.2) is 4.52 Å². The van der Waals surface area contributed by atoms with Crippen molar-refractivity contribution in [1.29, 1.82) is 0 Å². The zero-order valence-corrected chi connectivity index (χ0v) is 9.19. The fourth-order valence-electron chi connectivity index (χ4n) is 1.79. The summed E-state index contributed by atoms with van der Waals surface area (Å²) in [6, 6.07) is 0.0488. The first-order valence-corrected chi connectivity index (χ1v) is 5.33. The molecule has 84 valence electrons. The molecule has 1 fully saturated rings. The SMILES string of the molecule is CC(N)Cc1noc(C2(C)CCCO2)n1. The number of nitrogens with zero attached hydrogens (tertiary/aromatic N) is 2. The number of aromatic nitrogens is 2. The summed E-state index contributed by atoms with van der Waals surface area (Å²) in [6.07, 6.45) is 2.62. The Kier molecular flexibility index (Phi) is 2.75. The van der Waals surface area contributed by atoms with Crippen molar-refractivity contribution in [3.8, 4) is 0 Å². The first kappa shape index (κ1) is 10.6. The predicted octanol–water partition coefficient (Wildman–Crippen LogP) is 0.985. The molecular formula is C10H17N3O2. The van der Waals surface area contributed by atoms with Gasteiger partial charge in [-0.1, -0.05) is 5.16 Å². The van der Waals surface area contributed by atoms with Crippen molar-refractivity contribution in [3.05, 3.63) is 11.7 Å². The molecule has 0 aliphatic carbocycles. The van der Waals surface area contributed by atoms with Gasteiger partial charge in [0.15, 0.2) is 5.82 Å². The van der Waals surface area contributed by atoms with Crippen LogP contribution in [0.4, 0.5) is 0 Å². The average Bonchev–Trinajstić information content (AvgIpc) is 2.74. The van der Waals surface area contributed by atoms with E-state index in [0.717, 1.165) is 19.4 Å². The molecule has 1 aliphatic heterocycles. The Morgan fingerprint density at radius 1 is 1.60 bits per heavy atom. The lowest BCUT2D eigenvalue weighted by Crippen LogP contribution is -2.21. The van der Waals surface area contributed by atoms with Crippen LogP contribution in [0.2, 0.25) is 0 Å². The van der Waals surface area contributed by atoms with Crippen LogP contribution in [0, 0.1) is 0 Å². The summed E-state index contributed by atoms with van der Waals surface area (Å²) in [5.41, 5.74) is 5.28. The van der Waals surface area contributed by atoms with E-state index in [4.69, 9.17) is 15.0 Å². The minimum Gasteiger partial charge on any atom is -0.365 e. The van der Waals surface area contributed by atoms with Gasteiger partial charge in [-0.3, -0.25) is 0 Å². The van der Waals surface area contributed by atoms with Crippen molar-refractivity contribution in [1.82, 2.24) is 10.1 Å². The van der Waals surface area contributed by atoms with Crippen molar-refractivity contribution in [3.63, 3.8) is 0 Å². The van der Waals surface area contributed by atoms with Gasteiger partial charge in [0.25, 0.3) is 5.89 Å². The summed E-state index contributed by atoms with van der Waals surface area (Å²) >= 11 is 0. The normalized spacial score (nSPS) is 28.2. The van der Waals surface area contributed by atoms with Crippen LogP contribution < -0.4 is 5.73 Å². The molecule has 1 aromatic heterocycles. The maximum Gasteiger partial charge on any atom is 0.258 e.